The number of halogens is 1. The molecule has 0 bridgehead atoms. The van der Waals surface area contributed by atoms with E-state index in [0.29, 0.717) is 24.2 Å². The number of hydrogen-bond acceptors (Lipinski definition) is 3. The fraction of sp³-hybridized carbons (Fsp3) is 0.316. The van der Waals surface area contributed by atoms with Crippen molar-refractivity contribution in [1.29, 1.82) is 0 Å². The first-order chi connectivity index (χ1) is 12.0. The lowest BCUT2D eigenvalue weighted by molar-refractivity contribution is -0.119. The lowest BCUT2D eigenvalue weighted by Crippen LogP contribution is -2.43. The molecule has 0 spiro atoms. The fourth-order valence-electron chi connectivity index (χ4n) is 3.14. The number of benzene rings is 1. The summed E-state index contributed by atoms with van der Waals surface area (Å²) < 4.78 is 15.3. The van der Waals surface area contributed by atoms with Gasteiger partial charge in [0, 0.05) is 24.0 Å². The van der Waals surface area contributed by atoms with Crippen molar-refractivity contribution in [3.05, 3.63) is 68.9 Å². The maximum atomic E-state index is 13.5. The van der Waals surface area contributed by atoms with Crippen LogP contribution in [-0.2, 0) is 24.2 Å². The quantitative estimate of drug-likeness (QED) is 0.847. The number of hydrogen-bond donors (Lipinski definition) is 1. The maximum absolute atomic E-state index is 13.5. The molecular formula is C19H19FN2O3. The van der Waals surface area contributed by atoms with E-state index in [1.54, 1.807) is 12.1 Å². The van der Waals surface area contributed by atoms with Crippen LogP contribution >= 0.6 is 0 Å². The monoisotopic (exact) mass is 342 g/mol. The zero-order chi connectivity index (χ0) is 18.0. The number of carbonyl (C=O) groups excluding carboxylic acids is 2. The lowest BCUT2D eigenvalue weighted by atomic mass is 10.0. The van der Waals surface area contributed by atoms with Crippen molar-refractivity contribution in [2.75, 3.05) is 0 Å². The highest BCUT2D eigenvalue weighted by Gasteiger charge is 2.28. The molecule has 1 aliphatic heterocycles. The van der Waals surface area contributed by atoms with Gasteiger partial charge >= 0.3 is 0 Å². The summed E-state index contributed by atoms with van der Waals surface area (Å²) in [5.41, 5.74) is 1.52. The van der Waals surface area contributed by atoms with Crippen LogP contribution in [0.3, 0.4) is 0 Å². The number of fused-ring (bicyclic) bond motifs is 1. The van der Waals surface area contributed by atoms with Gasteiger partial charge in [-0.1, -0.05) is 25.5 Å². The zero-order valence-corrected chi connectivity index (χ0v) is 14.0. The first-order valence-electron chi connectivity index (χ1n) is 8.33. The second-order valence-corrected chi connectivity index (χ2v) is 6.20. The van der Waals surface area contributed by atoms with E-state index >= 15 is 0 Å². The van der Waals surface area contributed by atoms with Crippen LogP contribution in [0, 0.1) is 5.82 Å². The minimum atomic E-state index is -0.661. The third-order valence-electron chi connectivity index (χ3n) is 4.33. The van der Waals surface area contributed by atoms with Crippen LogP contribution in [0.2, 0.25) is 0 Å². The Kier molecular flexibility index (Phi) is 4.79. The van der Waals surface area contributed by atoms with Gasteiger partial charge in [0.2, 0.25) is 5.91 Å². The first-order valence-corrected chi connectivity index (χ1v) is 8.33. The molecule has 6 heteroatoms. The summed E-state index contributed by atoms with van der Waals surface area (Å²) in [5.74, 6) is -1.44. The molecular weight excluding hydrogens is 323 g/mol. The number of amides is 2. The van der Waals surface area contributed by atoms with E-state index in [2.05, 4.69) is 5.32 Å². The standard InChI is InChI=1S/C19H19FN2O3/c1-2-3-7-14-9-16(23)18-15(10-17(24)21-19(18)25)22(14)11-12-5-4-6-13(20)8-12/h4-6,8-9H,2-3,7,10-11H2,1H3,(H,21,24,25). The van der Waals surface area contributed by atoms with Crippen LogP contribution in [0.4, 0.5) is 4.39 Å². The molecule has 0 unspecified atom stereocenters. The van der Waals surface area contributed by atoms with Crippen molar-refractivity contribution in [1.82, 2.24) is 9.88 Å². The first kappa shape index (κ1) is 17.1. The SMILES string of the molecule is CCCCc1cc(=O)c2c(n1Cc1cccc(F)c1)CC(=O)NC2=O. The van der Waals surface area contributed by atoms with Gasteiger partial charge in [-0.25, -0.2) is 4.39 Å². The van der Waals surface area contributed by atoms with E-state index < -0.39 is 11.8 Å². The molecule has 0 saturated heterocycles. The van der Waals surface area contributed by atoms with Gasteiger partial charge in [0.25, 0.3) is 5.91 Å². The summed E-state index contributed by atoms with van der Waals surface area (Å²) in [4.78, 5) is 36.3. The molecule has 2 amide bonds. The largest absolute Gasteiger partial charge is 0.343 e. The van der Waals surface area contributed by atoms with Crippen molar-refractivity contribution < 1.29 is 14.0 Å². The zero-order valence-electron chi connectivity index (χ0n) is 14.0. The van der Waals surface area contributed by atoms with Crippen LogP contribution in [0.1, 0.15) is 47.1 Å². The molecule has 130 valence electrons. The minimum Gasteiger partial charge on any atom is -0.343 e. The number of carbonyl (C=O) groups is 2. The van der Waals surface area contributed by atoms with E-state index in [4.69, 9.17) is 0 Å². The Bertz CT molecular complexity index is 902. The van der Waals surface area contributed by atoms with Crippen LogP contribution in [0.5, 0.6) is 0 Å². The number of rotatable bonds is 5. The van der Waals surface area contributed by atoms with Crippen LogP contribution in [0.15, 0.2) is 35.1 Å². The molecule has 2 heterocycles. The van der Waals surface area contributed by atoms with Crippen LogP contribution < -0.4 is 10.7 Å². The molecule has 25 heavy (non-hydrogen) atoms. The lowest BCUT2D eigenvalue weighted by Gasteiger charge is -2.24. The Morgan fingerprint density at radius 3 is 2.72 bits per heavy atom. The van der Waals surface area contributed by atoms with E-state index in [0.717, 1.165) is 18.5 Å². The Balaban J connectivity index is 2.15. The van der Waals surface area contributed by atoms with E-state index in [9.17, 15) is 18.8 Å². The van der Waals surface area contributed by atoms with Gasteiger partial charge in [0.15, 0.2) is 5.43 Å². The molecule has 2 aromatic rings. The smallest absolute Gasteiger partial charge is 0.263 e. The predicted molar refractivity (Wildman–Crippen MR) is 91.0 cm³/mol. The number of aryl methyl sites for hydroxylation is 1. The Labute approximate surface area is 144 Å². The van der Waals surface area contributed by atoms with E-state index in [1.807, 2.05) is 11.5 Å². The molecule has 1 aromatic heterocycles. The average molecular weight is 342 g/mol. The molecule has 0 fully saturated rings. The summed E-state index contributed by atoms with van der Waals surface area (Å²) in [6.07, 6.45) is 2.45. The average Bonchev–Trinajstić information content (AvgIpc) is 2.55. The Morgan fingerprint density at radius 1 is 1.20 bits per heavy atom. The summed E-state index contributed by atoms with van der Waals surface area (Å²) >= 11 is 0. The van der Waals surface area contributed by atoms with Gasteiger partial charge in [-0.05, 0) is 30.5 Å². The summed E-state index contributed by atoms with van der Waals surface area (Å²) in [6, 6.07) is 7.63. The Hall–Kier alpha value is -2.76. The van der Waals surface area contributed by atoms with Crippen molar-refractivity contribution in [3.8, 4) is 0 Å². The van der Waals surface area contributed by atoms with Gasteiger partial charge in [-0.2, -0.15) is 0 Å². The molecule has 0 atom stereocenters. The van der Waals surface area contributed by atoms with Crippen molar-refractivity contribution in [3.63, 3.8) is 0 Å². The van der Waals surface area contributed by atoms with Crippen molar-refractivity contribution in [2.24, 2.45) is 0 Å². The predicted octanol–water partition coefficient (Wildman–Crippen LogP) is 2.19. The molecule has 5 nitrogen and oxygen atoms in total. The van der Waals surface area contributed by atoms with Gasteiger partial charge in [0.1, 0.15) is 11.4 Å². The van der Waals surface area contributed by atoms with E-state index in [1.165, 1.54) is 18.2 Å². The summed E-state index contributed by atoms with van der Waals surface area (Å²) in [5, 5.41) is 2.19. The van der Waals surface area contributed by atoms with Crippen molar-refractivity contribution >= 4 is 11.8 Å². The molecule has 1 N–H and O–H groups in total. The number of pyridine rings is 1. The van der Waals surface area contributed by atoms with Crippen LogP contribution in [0.25, 0.3) is 0 Å². The van der Waals surface area contributed by atoms with Gasteiger partial charge < -0.3 is 4.57 Å². The number of imide groups is 1. The van der Waals surface area contributed by atoms with E-state index in [-0.39, 0.29) is 23.2 Å². The third-order valence-corrected chi connectivity index (χ3v) is 4.33. The second-order valence-electron chi connectivity index (χ2n) is 6.20. The summed E-state index contributed by atoms with van der Waals surface area (Å²) in [6.45, 7) is 2.35. The normalized spacial score (nSPS) is 13.5. The fourth-order valence-corrected chi connectivity index (χ4v) is 3.14. The number of nitrogens with one attached hydrogen (secondary N) is 1. The Morgan fingerprint density at radius 2 is 2.00 bits per heavy atom. The molecule has 0 saturated carbocycles. The van der Waals surface area contributed by atoms with Crippen molar-refractivity contribution in [2.45, 2.75) is 39.2 Å². The second kappa shape index (κ2) is 7.01. The highest BCUT2D eigenvalue weighted by molar-refractivity contribution is 6.09. The number of unbranched alkanes of at least 4 members (excludes halogenated alkanes) is 1. The van der Waals surface area contributed by atoms with Gasteiger partial charge in [-0.15, -0.1) is 0 Å². The molecule has 0 radical (unpaired) electrons. The maximum Gasteiger partial charge on any atom is 0.263 e. The minimum absolute atomic E-state index is 0.0104. The molecule has 1 aromatic carbocycles. The highest BCUT2D eigenvalue weighted by Crippen LogP contribution is 2.18. The summed E-state index contributed by atoms with van der Waals surface area (Å²) in [7, 11) is 0. The molecule has 3 rings (SSSR count). The van der Waals surface area contributed by atoms with Crippen LogP contribution in [-0.4, -0.2) is 16.4 Å². The highest BCUT2D eigenvalue weighted by atomic mass is 19.1. The molecule has 0 aliphatic carbocycles. The third kappa shape index (κ3) is 3.52. The van der Waals surface area contributed by atoms with Gasteiger partial charge in [-0.3, -0.25) is 19.7 Å². The van der Waals surface area contributed by atoms with Gasteiger partial charge in [0.05, 0.1) is 6.42 Å². The molecule has 1 aliphatic rings. The topological polar surface area (TPSA) is 68.2 Å². The number of nitrogens with zero attached hydrogens (tertiary/aromatic N) is 1. The number of aromatic nitrogens is 1.